The van der Waals surface area contributed by atoms with E-state index in [2.05, 4.69) is 20.9 Å². The molecule has 1 amide bonds. The van der Waals surface area contributed by atoms with E-state index in [1.54, 1.807) is 17.3 Å². The lowest BCUT2D eigenvalue weighted by Gasteiger charge is -2.28. The Kier molecular flexibility index (Phi) is 5.08. The van der Waals surface area contributed by atoms with E-state index < -0.39 is 5.60 Å². The Morgan fingerprint density at radius 2 is 2.29 bits per heavy atom. The number of hydrogen-bond donors (Lipinski definition) is 0. The topological polar surface area (TPSA) is 51.7 Å². The minimum absolute atomic E-state index is 0.0481. The van der Waals surface area contributed by atoms with Crippen LogP contribution in [-0.2, 0) is 4.74 Å². The van der Waals surface area contributed by atoms with E-state index in [0.29, 0.717) is 12.4 Å². The Bertz CT molecular complexity index is 502. The molecule has 116 valence electrons. The predicted molar refractivity (Wildman–Crippen MR) is 83.4 cm³/mol. The molecular formula is C15H21BrN2O3. The molecule has 1 atom stereocenters. The number of amides is 1. The molecule has 0 spiro atoms. The second kappa shape index (κ2) is 6.64. The highest BCUT2D eigenvalue weighted by molar-refractivity contribution is 9.10. The van der Waals surface area contributed by atoms with Gasteiger partial charge in [-0.3, -0.25) is 4.98 Å². The number of nitrogens with zero attached hydrogens (tertiary/aromatic N) is 2. The van der Waals surface area contributed by atoms with Gasteiger partial charge in [0.2, 0.25) is 0 Å². The van der Waals surface area contributed by atoms with E-state index in [1.807, 2.05) is 26.8 Å². The van der Waals surface area contributed by atoms with Crippen LogP contribution in [0, 0.1) is 0 Å². The van der Waals surface area contributed by atoms with Crippen LogP contribution in [0.5, 0.6) is 5.75 Å². The lowest BCUT2D eigenvalue weighted by molar-refractivity contribution is 0.0187. The van der Waals surface area contributed by atoms with Crippen LogP contribution in [0.1, 0.15) is 33.6 Å². The molecule has 0 saturated carbocycles. The summed E-state index contributed by atoms with van der Waals surface area (Å²) < 4.78 is 12.1. The van der Waals surface area contributed by atoms with Crippen LogP contribution in [0.25, 0.3) is 0 Å². The molecule has 1 aromatic heterocycles. The summed E-state index contributed by atoms with van der Waals surface area (Å²) in [4.78, 5) is 18.0. The molecule has 1 saturated heterocycles. The average molecular weight is 357 g/mol. The van der Waals surface area contributed by atoms with E-state index in [0.717, 1.165) is 23.9 Å². The Morgan fingerprint density at radius 1 is 1.52 bits per heavy atom. The van der Waals surface area contributed by atoms with Crippen LogP contribution in [-0.4, -0.2) is 40.8 Å². The smallest absolute Gasteiger partial charge is 0.410 e. The van der Waals surface area contributed by atoms with Crippen molar-refractivity contribution < 1.29 is 14.3 Å². The van der Waals surface area contributed by atoms with E-state index >= 15 is 0 Å². The number of rotatable bonds is 3. The molecule has 0 aromatic carbocycles. The van der Waals surface area contributed by atoms with Crippen molar-refractivity contribution in [3.63, 3.8) is 0 Å². The third-order valence-electron chi connectivity index (χ3n) is 3.17. The van der Waals surface area contributed by atoms with Crippen molar-refractivity contribution in [2.45, 2.75) is 45.3 Å². The first-order chi connectivity index (χ1) is 9.87. The molecular weight excluding hydrogens is 336 g/mol. The van der Waals surface area contributed by atoms with Gasteiger partial charge in [-0.25, -0.2) is 4.79 Å². The van der Waals surface area contributed by atoms with Gasteiger partial charge in [0.05, 0.1) is 16.7 Å². The van der Waals surface area contributed by atoms with Crippen LogP contribution in [0.15, 0.2) is 22.9 Å². The molecule has 1 aliphatic heterocycles. The molecule has 1 aliphatic rings. The summed E-state index contributed by atoms with van der Waals surface area (Å²) in [7, 11) is 0. The second-order valence-electron chi connectivity index (χ2n) is 6.09. The summed E-state index contributed by atoms with van der Waals surface area (Å²) in [6.07, 6.45) is 4.99. The molecule has 0 bridgehead atoms. The number of pyridine rings is 1. The maximum absolute atomic E-state index is 12.2. The first kappa shape index (κ1) is 16.1. The van der Waals surface area contributed by atoms with Gasteiger partial charge in [0.25, 0.3) is 0 Å². The molecule has 0 aliphatic carbocycles. The molecule has 0 radical (unpaired) electrons. The van der Waals surface area contributed by atoms with Crippen LogP contribution in [0.2, 0.25) is 0 Å². The largest absolute Gasteiger partial charge is 0.489 e. The van der Waals surface area contributed by atoms with Crippen LogP contribution in [0.4, 0.5) is 4.79 Å². The van der Waals surface area contributed by atoms with Crippen molar-refractivity contribution in [1.82, 2.24) is 9.88 Å². The Hall–Kier alpha value is -1.30. The zero-order valence-corrected chi connectivity index (χ0v) is 14.2. The highest BCUT2D eigenvalue weighted by Gasteiger charge is 2.32. The van der Waals surface area contributed by atoms with Gasteiger partial charge in [-0.05, 0) is 55.6 Å². The molecule has 6 heteroatoms. The van der Waals surface area contributed by atoms with Crippen molar-refractivity contribution in [3.05, 3.63) is 22.9 Å². The minimum atomic E-state index is -0.475. The fourth-order valence-corrected chi connectivity index (χ4v) is 2.56. The normalized spacial score (nSPS) is 18.7. The first-order valence-corrected chi connectivity index (χ1v) is 7.88. The number of ether oxygens (including phenoxy) is 2. The van der Waals surface area contributed by atoms with E-state index in [4.69, 9.17) is 9.47 Å². The van der Waals surface area contributed by atoms with Gasteiger partial charge in [-0.15, -0.1) is 0 Å². The maximum Gasteiger partial charge on any atom is 0.410 e. The SMILES string of the molecule is CC(C)(C)OC(=O)N1CCC[C@H]1COc1cnccc1Br. The number of hydrogen-bond acceptors (Lipinski definition) is 4. The summed E-state index contributed by atoms with van der Waals surface area (Å²) in [5, 5.41) is 0. The number of carbonyl (C=O) groups is 1. The molecule has 2 rings (SSSR count). The molecule has 2 heterocycles. The van der Waals surface area contributed by atoms with Gasteiger partial charge >= 0.3 is 6.09 Å². The summed E-state index contributed by atoms with van der Waals surface area (Å²) >= 11 is 3.42. The molecule has 0 unspecified atom stereocenters. The molecule has 0 N–H and O–H groups in total. The van der Waals surface area contributed by atoms with Gasteiger partial charge in [0, 0.05) is 12.7 Å². The quantitative estimate of drug-likeness (QED) is 0.829. The van der Waals surface area contributed by atoms with Gasteiger partial charge in [0.15, 0.2) is 5.75 Å². The molecule has 1 aromatic rings. The van der Waals surface area contributed by atoms with Crippen LogP contribution in [0.3, 0.4) is 0 Å². The fraction of sp³-hybridized carbons (Fsp3) is 0.600. The van der Waals surface area contributed by atoms with Crippen LogP contribution >= 0.6 is 15.9 Å². The highest BCUT2D eigenvalue weighted by Crippen LogP contribution is 2.25. The van der Waals surface area contributed by atoms with Gasteiger partial charge in [-0.1, -0.05) is 0 Å². The molecule has 21 heavy (non-hydrogen) atoms. The lowest BCUT2D eigenvalue weighted by Crippen LogP contribution is -2.42. The van der Waals surface area contributed by atoms with Crippen molar-refractivity contribution in [2.24, 2.45) is 0 Å². The zero-order chi connectivity index (χ0) is 15.5. The Balaban J connectivity index is 1.93. The van der Waals surface area contributed by atoms with Crippen LogP contribution < -0.4 is 4.74 Å². The van der Waals surface area contributed by atoms with Gasteiger partial charge in [0.1, 0.15) is 12.2 Å². The van der Waals surface area contributed by atoms with E-state index in [1.165, 1.54) is 0 Å². The Labute approximate surface area is 133 Å². The van der Waals surface area contributed by atoms with Crippen molar-refractivity contribution in [2.75, 3.05) is 13.2 Å². The summed E-state index contributed by atoms with van der Waals surface area (Å²) in [5.41, 5.74) is -0.475. The summed E-state index contributed by atoms with van der Waals surface area (Å²) in [6, 6.07) is 1.88. The number of carbonyl (C=O) groups excluding carboxylic acids is 1. The second-order valence-corrected chi connectivity index (χ2v) is 6.94. The van der Waals surface area contributed by atoms with Crippen molar-refractivity contribution in [1.29, 1.82) is 0 Å². The monoisotopic (exact) mass is 356 g/mol. The fourth-order valence-electron chi connectivity index (χ4n) is 2.23. The Morgan fingerprint density at radius 3 is 2.95 bits per heavy atom. The summed E-state index contributed by atoms with van der Waals surface area (Å²) in [6.45, 7) is 6.79. The van der Waals surface area contributed by atoms with Crippen molar-refractivity contribution in [3.8, 4) is 5.75 Å². The number of halogens is 1. The maximum atomic E-state index is 12.2. The van der Waals surface area contributed by atoms with Gasteiger partial charge < -0.3 is 14.4 Å². The summed E-state index contributed by atoms with van der Waals surface area (Å²) in [5.74, 6) is 0.688. The van der Waals surface area contributed by atoms with E-state index in [-0.39, 0.29) is 12.1 Å². The average Bonchev–Trinajstić information content (AvgIpc) is 2.84. The number of likely N-dealkylation sites (tertiary alicyclic amines) is 1. The van der Waals surface area contributed by atoms with Gasteiger partial charge in [-0.2, -0.15) is 0 Å². The molecule has 5 nitrogen and oxygen atoms in total. The lowest BCUT2D eigenvalue weighted by atomic mass is 10.2. The highest BCUT2D eigenvalue weighted by atomic mass is 79.9. The first-order valence-electron chi connectivity index (χ1n) is 7.09. The standard InChI is InChI=1S/C15H21BrN2O3/c1-15(2,3)21-14(19)18-8-4-5-11(18)10-20-13-9-17-7-6-12(13)16/h6-7,9,11H,4-5,8,10H2,1-3H3/t11-/m0/s1. The predicted octanol–water partition coefficient (Wildman–Crippen LogP) is 3.62. The third kappa shape index (κ3) is 4.59. The third-order valence-corrected chi connectivity index (χ3v) is 3.83. The molecule has 1 fully saturated rings. The van der Waals surface area contributed by atoms with Crippen molar-refractivity contribution >= 4 is 22.0 Å². The minimum Gasteiger partial charge on any atom is -0.489 e. The zero-order valence-electron chi connectivity index (χ0n) is 12.6. The van der Waals surface area contributed by atoms with E-state index in [9.17, 15) is 4.79 Å². The number of aromatic nitrogens is 1.